The Morgan fingerprint density at radius 1 is 1.18 bits per heavy atom. The molecule has 1 amide bonds. The molecule has 1 aromatic carbocycles. The first-order chi connectivity index (χ1) is 15.9. The average molecular weight is 495 g/mol. The normalized spacial score (nSPS) is 12.7. The monoisotopic (exact) mass is 495 g/mol. The summed E-state index contributed by atoms with van der Waals surface area (Å²) in [5.41, 5.74) is 4.89. The highest BCUT2D eigenvalue weighted by atomic mass is 32.2. The third-order valence-electron chi connectivity index (χ3n) is 4.75. The van der Waals surface area contributed by atoms with Crippen molar-refractivity contribution in [2.45, 2.75) is 24.9 Å². The minimum atomic E-state index is -4.77. The van der Waals surface area contributed by atoms with E-state index in [0.717, 1.165) is 6.26 Å². The summed E-state index contributed by atoms with van der Waals surface area (Å²) in [7, 11) is -3.52. The fourth-order valence-electron chi connectivity index (χ4n) is 2.89. The number of halogens is 3. The molecule has 0 fully saturated rings. The summed E-state index contributed by atoms with van der Waals surface area (Å²) < 4.78 is 64.5. The van der Waals surface area contributed by atoms with Crippen LogP contribution in [0.25, 0.3) is 0 Å². The van der Waals surface area contributed by atoms with Crippen LogP contribution in [0, 0.1) is 0 Å². The van der Waals surface area contributed by atoms with E-state index in [1.54, 1.807) is 6.07 Å². The van der Waals surface area contributed by atoms with Gasteiger partial charge in [0.05, 0.1) is 17.9 Å². The van der Waals surface area contributed by atoms with Crippen molar-refractivity contribution in [3.63, 3.8) is 0 Å². The number of carbonyl (C=O) groups is 1. The molecule has 0 aliphatic rings. The summed E-state index contributed by atoms with van der Waals surface area (Å²) in [6, 6.07) is 5.96. The van der Waals surface area contributed by atoms with Gasteiger partial charge >= 0.3 is 6.18 Å². The first-order valence-corrected chi connectivity index (χ1v) is 11.7. The van der Waals surface area contributed by atoms with Crippen molar-refractivity contribution in [3.05, 3.63) is 65.4 Å². The molecule has 1 unspecified atom stereocenters. The maximum absolute atomic E-state index is 13.5. The molecule has 10 nitrogen and oxygen atoms in total. The number of carbonyl (C=O) groups excluding carboxylic acids is 1. The molecule has 3 aromatic rings. The SMILES string of the molecule is CC(c1nccnc1CNc1nc(Nc2cccc(C(N)=O)c2)ncc1C(F)(F)F)S(C)(=O)=O. The summed E-state index contributed by atoms with van der Waals surface area (Å²) in [6.07, 6.45) is -0.529. The molecular weight excluding hydrogens is 475 g/mol. The van der Waals surface area contributed by atoms with Crippen molar-refractivity contribution < 1.29 is 26.4 Å². The highest BCUT2D eigenvalue weighted by molar-refractivity contribution is 7.90. The fourth-order valence-corrected chi connectivity index (χ4v) is 3.49. The van der Waals surface area contributed by atoms with Crippen molar-refractivity contribution in [2.75, 3.05) is 16.9 Å². The standard InChI is InChI=1S/C20H20F3N7O3S/c1-11(34(2,32)33)16-15(25-6-7-26-16)10-27-18-14(20(21,22)23)9-28-19(30-18)29-13-5-3-4-12(8-13)17(24)31/h3-9,11H,10H2,1-2H3,(H2,24,31)(H2,27,28,29,30). The van der Waals surface area contributed by atoms with Gasteiger partial charge in [-0.15, -0.1) is 0 Å². The van der Waals surface area contributed by atoms with Crippen LogP contribution in [0.5, 0.6) is 0 Å². The highest BCUT2D eigenvalue weighted by Gasteiger charge is 2.35. The van der Waals surface area contributed by atoms with Crippen LogP contribution in [-0.2, 0) is 22.6 Å². The molecule has 0 saturated carbocycles. The van der Waals surface area contributed by atoms with E-state index in [2.05, 4.69) is 30.6 Å². The van der Waals surface area contributed by atoms with E-state index in [4.69, 9.17) is 5.73 Å². The lowest BCUT2D eigenvalue weighted by Gasteiger charge is -2.17. The Morgan fingerprint density at radius 2 is 1.88 bits per heavy atom. The number of nitrogens with zero attached hydrogens (tertiary/aromatic N) is 4. The van der Waals surface area contributed by atoms with E-state index in [1.165, 1.54) is 37.5 Å². The number of primary amides is 1. The van der Waals surface area contributed by atoms with Crippen LogP contribution in [0.1, 0.15) is 39.5 Å². The number of hydrogen-bond acceptors (Lipinski definition) is 9. The number of hydrogen-bond donors (Lipinski definition) is 3. The smallest absolute Gasteiger partial charge is 0.366 e. The van der Waals surface area contributed by atoms with Gasteiger partial charge in [0.1, 0.15) is 16.6 Å². The largest absolute Gasteiger partial charge is 0.421 e. The number of anilines is 3. The maximum Gasteiger partial charge on any atom is 0.421 e. The number of aromatic nitrogens is 4. The lowest BCUT2D eigenvalue weighted by Crippen LogP contribution is -2.18. The average Bonchev–Trinajstić information content (AvgIpc) is 2.76. The van der Waals surface area contributed by atoms with Crippen molar-refractivity contribution in [2.24, 2.45) is 5.73 Å². The second-order valence-corrected chi connectivity index (χ2v) is 9.60. The van der Waals surface area contributed by atoms with Crippen LogP contribution < -0.4 is 16.4 Å². The van der Waals surface area contributed by atoms with E-state index < -0.39 is 38.6 Å². The van der Waals surface area contributed by atoms with E-state index in [9.17, 15) is 26.4 Å². The second kappa shape index (κ2) is 9.59. The Kier molecular flexibility index (Phi) is 7.00. The van der Waals surface area contributed by atoms with Crippen molar-refractivity contribution in [1.29, 1.82) is 0 Å². The van der Waals surface area contributed by atoms with Crippen LogP contribution >= 0.6 is 0 Å². The molecule has 0 aliphatic heterocycles. The Hall–Kier alpha value is -3.81. The summed E-state index contributed by atoms with van der Waals surface area (Å²) in [5.74, 6) is -1.41. The van der Waals surface area contributed by atoms with E-state index in [0.29, 0.717) is 11.9 Å². The van der Waals surface area contributed by atoms with Gasteiger partial charge in [-0.25, -0.2) is 13.4 Å². The fraction of sp³-hybridized carbons (Fsp3) is 0.250. The van der Waals surface area contributed by atoms with Crippen LogP contribution in [-0.4, -0.2) is 40.5 Å². The summed E-state index contributed by atoms with van der Waals surface area (Å²) in [6.45, 7) is 1.14. The van der Waals surface area contributed by atoms with Crippen LogP contribution in [0.2, 0.25) is 0 Å². The Bertz CT molecular complexity index is 1320. The van der Waals surface area contributed by atoms with Gasteiger partial charge in [-0.3, -0.25) is 14.8 Å². The number of nitrogens with two attached hydrogens (primary N) is 1. The predicted octanol–water partition coefficient (Wildman–Crippen LogP) is 2.85. The van der Waals surface area contributed by atoms with Gasteiger partial charge in [0.25, 0.3) is 0 Å². The minimum absolute atomic E-state index is 0.113. The molecule has 0 saturated heterocycles. The first-order valence-electron chi connectivity index (χ1n) is 9.70. The summed E-state index contributed by atoms with van der Waals surface area (Å²) in [5, 5.41) is 4.26. The van der Waals surface area contributed by atoms with Gasteiger partial charge in [0.15, 0.2) is 9.84 Å². The molecule has 14 heteroatoms. The van der Waals surface area contributed by atoms with E-state index in [1.807, 2.05) is 0 Å². The zero-order valence-electron chi connectivity index (χ0n) is 18.0. The predicted molar refractivity (Wildman–Crippen MR) is 118 cm³/mol. The lowest BCUT2D eigenvalue weighted by atomic mass is 10.2. The number of nitrogens with one attached hydrogen (secondary N) is 2. The number of alkyl halides is 3. The van der Waals surface area contributed by atoms with Crippen molar-refractivity contribution >= 4 is 33.2 Å². The summed E-state index contributed by atoms with van der Waals surface area (Å²) in [4.78, 5) is 27.1. The molecular formula is C20H20F3N7O3S. The molecule has 2 heterocycles. The van der Waals surface area contributed by atoms with Crippen LogP contribution in [0.4, 0.5) is 30.6 Å². The van der Waals surface area contributed by atoms with Gasteiger partial charge < -0.3 is 16.4 Å². The molecule has 4 N–H and O–H groups in total. The van der Waals surface area contributed by atoms with Gasteiger partial charge in [-0.05, 0) is 25.1 Å². The van der Waals surface area contributed by atoms with Crippen molar-refractivity contribution in [3.8, 4) is 0 Å². The molecule has 0 spiro atoms. The third kappa shape index (κ3) is 5.95. The number of sulfone groups is 1. The lowest BCUT2D eigenvalue weighted by molar-refractivity contribution is -0.137. The minimum Gasteiger partial charge on any atom is -0.366 e. The van der Waals surface area contributed by atoms with Gasteiger partial charge in [0.2, 0.25) is 11.9 Å². The first kappa shape index (κ1) is 24.8. The molecule has 0 bridgehead atoms. The quantitative estimate of drug-likeness (QED) is 0.428. The molecule has 0 aliphatic carbocycles. The molecule has 180 valence electrons. The summed E-state index contributed by atoms with van der Waals surface area (Å²) >= 11 is 0. The molecule has 1 atom stereocenters. The van der Waals surface area contributed by atoms with E-state index in [-0.39, 0.29) is 29.4 Å². The van der Waals surface area contributed by atoms with Crippen LogP contribution in [0.15, 0.2) is 42.9 Å². The van der Waals surface area contributed by atoms with Gasteiger partial charge in [-0.1, -0.05) is 6.07 Å². The Labute approximate surface area is 192 Å². The molecule has 34 heavy (non-hydrogen) atoms. The Balaban J connectivity index is 1.92. The third-order valence-corrected chi connectivity index (χ3v) is 6.26. The van der Waals surface area contributed by atoms with Crippen molar-refractivity contribution in [1.82, 2.24) is 19.9 Å². The number of amides is 1. The molecule has 3 rings (SSSR count). The van der Waals surface area contributed by atoms with Crippen LogP contribution in [0.3, 0.4) is 0 Å². The molecule has 2 aromatic heterocycles. The number of benzene rings is 1. The zero-order valence-corrected chi connectivity index (χ0v) is 18.8. The topological polar surface area (TPSA) is 153 Å². The second-order valence-electron chi connectivity index (χ2n) is 7.24. The highest BCUT2D eigenvalue weighted by Crippen LogP contribution is 2.34. The zero-order chi connectivity index (χ0) is 25.1. The maximum atomic E-state index is 13.5. The molecule has 0 radical (unpaired) electrons. The number of rotatable bonds is 8. The Morgan fingerprint density at radius 3 is 2.53 bits per heavy atom. The van der Waals surface area contributed by atoms with Gasteiger partial charge in [0, 0.05) is 36.1 Å². The van der Waals surface area contributed by atoms with Gasteiger partial charge in [-0.2, -0.15) is 18.2 Å². The van der Waals surface area contributed by atoms with E-state index >= 15 is 0 Å².